The van der Waals surface area contributed by atoms with Gasteiger partial charge in [0, 0.05) is 11.6 Å². The van der Waals surface area contributed by atoms with Crippen molar-refractivity contribution in [2.45, 2.75) is 23.1 Å². The smallest absolute Gasteiger partial charge is 0.307 e. The third-order valence-corrected chi connectivity index (χ3v) is 6.49. The van der Waals surface area contributed by atoms with Gasteiger partial charge in [-0.3, -0.25) is 4.79 Å². The molecule has 0 spiro atoms. The molecule has 25 heavy (non-hydrogen) atoms. The van der Waals surface area contributed by atoms with Crippen LogP contribution in [0.1, 0.15) is 12.0 Å². The Labute approximate surface area is 156 Å². The van der Waals surface area contributed by atoms with Crippen molar-refractivity contribution in [3.05, 3.63) is 52.0 Å². The predicted octanol–water partition coefficient (Wildman–Crippen LogP) is 4.11. The number of anilines is 1. The highest BCUT2D eigenvalue weighted by molar-refractivity contribution is 7.91. The number of halogens is 2. The number of methoxy groups -OCH3 is 1. The molecular formula is C17H17Cl2NO4S. The van der Waals surface area contributed by atoms with Crippen LogP contribution in [0.15, 0.2) is 46.2 Å². The monoisotopic (exact) mass is 401 g/mol. The van der Waals surface area contributed by atoms with E-state index in [0.717, 1.165) is 0 Å². The zero-order valence-corrected chi connectivity index (χ0v) is 16.0. The summed E-state index contributed by atoms with van der Waals surface area (Å²) in [5, 5.41) is 3.44. The van der Waals surface area contributed by atoms with Crippen LogP contribution in [-0.4, -0.2) is 28.0 Å². The van der Waals surface area contributed by atoms with E-state index in [1.807, 2.05) is 0 Å². The lowest BCUT2D eigenvalue weighted by molar-refractivity contribution is -0.140. The molecule has 0 atom stereocenters. The largest absolute Gasteiger partial charge is 0.469 e. The highest BCUT2D eigenvalue weighted by Crippen LogP contribution is 2.35. The molecule has 5 nitrogen and oxygen atoms in total. The fraction of sp³-hybridized carbons (Fsp3) is 0.235. The van der Waals surface area contributed by atoms with Crippen LogP contribution >= 0.6 is 23.2 Å². The second-order valence-electron chi connectivity index (χ2n) is 5.24. The Hall–Kier alpha value is -1.76. The first-order valence-corrected chi connectivity index (χ1v) is 9.62. The fourth-order valence-electron chi connectivity index (χ4n) is 2.21. The van der Waals surface area contributed by atoms with Crippen molar-refractivity contribution in [3.8, 4) is 0 Å². The molecule has 0 radical (unpaired) electrons. The van der Waals surface area contributed by atoms with Crippen molar-refractivity contribution in [1.29, 1.82) is 0 Å². The van der Waals surface area contributed by atoms with Gasteiger partial charge in [-0.25, -0.2) is 8.42 Å². The van der Waals surface area contributed by atoms with E-state index in [4.69, 9.17) is 23.2 Å². The molecule has 0 fully saturated rings. The molecule has 0 aliphatic rings. The summed E-state index contributed by atoms with van der Waals surface area (Å²) in [5.41, 5.74) is 0.885. The van der Waals surface area contributed by atoms with Crippen LogP contribution < -0.4 is 5.32 Å². The number of esters is 1. The van der Waals surface area contributed by atoms with Gasteiger partial charge in [-0.2, -0.15) is 0 Å². The molecule has 2 aromatic rings. The van der Waals surface area contributed by atoms with Gasteiger partial charge in [0.15, 0.2) is 0 Å². The minimum atomic E-state index is -3.87. The molecule has 0 aliphatic heterocycles. The van der Waals surface area contributed by atoms with Gasteiger partial charge in [-0.15, -0.1) is 0 Å². The molecule has 2 rings (SSSR count). The Morgan fingerprint density at radius 2 is 1.80 bits per heavy atom. The summed E-state index contributed by atoms with van der Waals surface area (Å²) in [5.74, 6) is -0.385. The van der Waals surface area contributed by atoms with Crippen molar-refractivity contribution in [3.63, 3.8) is 0 Å². The third-order valence-electron chi connectivity index (χ3n) is 3.62. The second kappa shape index (κ2) is 8.08. The summed E-state index contributed by atoms with van der Waals surface area (Å²) >= 11 is 12.2. The highest BCUT2D eigenvalue weighted by Gasteiger charge is 2.25. The van der Waals surface area contributed by atoms with Crippen LogP contribution in [0.25, 0.3) is 0 Å². The van der Waals surface area contributed by atoms with Crippen LogP contribution in [0.2, 0.25) is 10.0 Å². The Balaban J connectivity index is 2.41. The molecule has 8 heteroatoms. The molecule has 0 bridgehead atoms. The molecular weight excluding hydrogens is 385 g/mol. The lowest BCUT2D eigenvalue weighted by Gasteiger charge is -2.14. The maximum Gasteiger partial charge on any atom is 0.307 e. The number of carbonyl (C=O) groups excluding carboxylic acids is 1. The van der Waals surface area contributed by atoms with Gasteiger partial charge < -0.3 is 10.1 Å². The average Bonchev–Trinajstić information content (AvgIpc) is 2.59. The van der Waals surface area contributed by atoms with Crippen molar-refractivity contribution >= 4 is 44.7 Å². The number of hydrogen-bond acceptors (Lipinski definition) is 5. The first kappa shape index (κ1) is 19.6. The lowest BCUT2D eigenvalue weighted by Crippen LogP contribution is -2.13. The molecule has 0 amide bonds. The third kappa shape index (κ3) is 4.26. The standard InChI is InChI=1S/C17H17Cl2NO4S/c1-11-12(18)7-8-15(17(11)19)25(22,23)14-6-4-3-5-13(14)20-10-9-16(21)24-2/h3-8,20H,9-10H2,1-2H3. The molecule has 1 N–H and O–H groups in total. The van der Waals surface area contributed by atoms with Crippen molar-refractivity contribution in [2.24, 2.45) is 0 Å². The molecule has 0 saturated heterocycles. The normalized spacial score (nSPS) is 11.2. The molecule has 2 aromatic carbocycles. The number of benzene rings is 2. The zero-order chi connectivity index (χ0) is 18.6. The Morgan fingerprint density at radius 1 is 1.12 bits per heavy atom. The van der Waals surface area contributed by atoms with Crippen LogP contribution in [-0.2, 0) is 19.4 Å². The van der Waals surface area contributed by atoms with E-state index >= 15 is 0 Å². The van der Waals surface area contributed by atoms with Crippen LogP contribution in [0.5, 0.6) is 0 Å². The fourth-order valence-corrected chi connectivity index (χ4v) is 4.45. The van der Waals surface area contributed by atoms with Crippen molar-refractivity contribution in [1.82, 2.24) is 0 Å². The minimum Gasteiger partial charge on any atom is -0.469 e. The second-order valence-corrected chi connectivity index (χ2v) is 7.91. The van der Waals surface area contributed by atoms with Crippen LogP contribution in [0.3, 0.4) is 0 Å². The molecule has 0 saturated carbocycles. The maximum absolute atomic E-state index is 13.0. The van der Waals surface area contributed by atoms with Gasteiger partial charge in [0.25, 0.3) is 0 Å². The average molecular weight is 402 g/mol. The van der Waals surface area contributed by atoms with E-state index in [-0.39, 0.29) is 33.7 Å². The van der Waals surface area contributed by atoms with E-state index in [1.54, 1.807) is 25.1 Å². The van der Waals surface area contributed by atoms with E-state index in [9.17, 15) is 13.2 Å². The summed E-state index contributed by atoms with van der Waals surface area (Å²) in [7, 11) is -2.57. The molecule has 134 valence electrons. The Bertz CT molecular complexity index is 898. The number of carbonyl (C=O) groups is 1. The number of nitrogens with one attached hydrogen (secondary N) is 1. The minimum absolute atomic E-state index is 0.0155. The summed E-state index contributed by atoms with van der Waals surface area (Å²) in [6.45, 7) is 1.90. The summed E-state index contributed by atoms with van der Waals surface area (Å²) in [4.78, 5) is 11.3. The van der Waals surface area contributed by atoms with Crippen LogP contribution in [0.4, 0.5) is 5.69 Å². The summed E-state index contributed by atoms with van der Waals surface area (Å²) in [6, 6.07) is 9.32. The van der Waals surface area contributed by atoms with Gasteiger partial charge in [0.2, 0.25) is 9.84 Å². The molecule has 0 heterocycles. The predicted molar refractivity (Wildman–Crippen MR) is 98.2 cm³/mol. The lowest BCUT2D eigenvalue weighted by atomic mass is 10.2. The SMILES string of the molecule is COC(=O)CCNc1ccccc1S(=O)(=O)c1ccc(Cl)c(C)c1Cl. The van der Waals surface area contributed by atoms with E-state index in [1.165, 1.54) is 25.3 Å². The van der Waals surface area contributed by atoms with Gasteiger partial charge >= 0.3 is 5.97 Å². The zero-order valence-electron chi connectivity index (χ0n) is 13.7. The quantitative estimate of drug-likeness (QED) is 0.737. The first-order chi connectivity index (χ1) is 11.8. The number of ether oxygens (including phenoxy) is 1. The number of sulfone groups is 1. The topological polar surface area (TPSA) is 72.5 Å². The number of hydrogen-bond donors (Lipinski definition) is 1. The van der Waals surface area contributed by atoms with Gasteiger partial charge in [0.05, 0.1) is 34.0 Å². The van der Waals surface area contributed by atoms with E-state index in [0.29, 0.717) is 16.3 Å². The highest BCUT2D eigenvalue weighted by atomic mass is 35.5. The van der Waals surface area contributed by atoms with Gasteiger partial charge in [-0.05, 0) is 36.8 Å². The van der Waals surface area contributed by atoms with Gasteiger partial charge in [-0.1, -0.05) is 35.3 Å². The summed E-state index contributed by atoms with van der Waals surface area (Å²) in [6.07, 6.45) is 0.117. The van der Waals surface area contributed by atoms with Crippen molar-refractivity contribution in [2.75, 3.05) is 19.0 Å². The van der Waals surface area contributed by atoms with E-state index in [2.05, 4.69) is 10.1 Å². The van der Waals surface area contributed by atoms with Crippen molar-refractivity contribution < 1.29 is 17.9 Å². The molecule has 0 aromatic heterocycles. The molecule has 0 unspecified atom stereocenters. The number of para-hydroxylation sites is 1. The van der Waals surface area contributed by atoms with Crippen LogP contribution in [0, 0.1) is 6.92 Å². The summed E-state index contributed by atoms with van der Waals surface area (Å²) < 4.78 is 30.6. The first-order valence-electron chi connectivity index (χ1n) is 7.38. The van der Waals surface area contributed by atoms with Gasteiger partial charge in [0.1, 0.15) is 0 Å². The Morgan fingerprint density at radius 3 is 2.48 bits per heavy atom. The molecule has 0 aliphatic carbocycles. The number of rotatable bonds is 6. The maximum atomic E-state index is 13.0. The Kier molecular flexibility index (Phi) is 6.32. The van der Waals surface area contributed by atoms with E-state index < -0.39 is 9.84 Å².